The summed E-state index contributed by atoms with van der Waals surface area (Å²) in [5, 5.41) is 0. The van der Waals surface area contributed by atoms with Gasteiger partial charge in [0.2, 0.25) is 0 Å². The molecule has 0 aromatic heterocycles. The highest BCUT2D eigenvalue weighted by molar-refractivity contribution is 5.69. The maximum atomic E-state index is 12.3. The Hall–Kier alpha value is -1.71. The molecule has 4 nitrogen and oxygen atoms in total. The van der Waals surface area contributed by atoms with Crippen molar-refractivity contribution >= 4 is 11.8 Å². The summed E-state index contributed by atoms with van der Waals surface area (Å²) in [6.45, 7) is 8.40. The summed E-state index contributed by atoms with van der Waals surface area (Å²) in [6.07, 6.45) is 1.72. The number of hydrogen-bond acceptors (Lipinski definition) is 3. The molecule has 1 fully saturated rings. The number of carbonyl (C=O) groups is 1. The number of amides is 1. The Balaban J connectivity index is 2.18. The Morgan fingerprint density at radius 3 is 2.70 bits per heavy atom. The molecule has 4 heteroatoms. The summed E-state index contributed by atoms with van der Waals surface area (Å²) in [6, 6.07) is 6.12. The van der Waals surface area contributed by atoms with Crippen LogP contribution in [0.1, 0.15) is 50.8 Å². The maximum Gasteiger partial charge on any atom is 0.410 e. The monoisotopic (exact) mass is 276 g/mol. The van der Waals surface area contributed by atoms with Crippen molar-refractivity contribution < 1.29 is 9.53 Å². The zero-order chi connectivity index (χ0) is 14.9. The summed E-state index contributed by atoms with van der Waals surface area (Å²) in [7, 11) is 0. The number of nitrogen functional groups attached to an aromatic ring is 1. The van der Waals surface area contributed by atoms with Gasteiger partial charge in [0.1, 0.15) is 5.60 Å². The molecule has 0 aliphatic carbocycles. The molecule has 0 spiro atoms. The number of carbonyl (C=O) groups excluding carboxylic acids is 1. The van der Waals surface area contributed by atoms with Gasteiger partial charge in [0.15, 0.2) is 0 Å². The molecule has 1 aromatic carbocycles. The Bertz CT molecular complexity index is 506. The van der Waals surface area contributed by atoms with E-state index in [1.54, 1.807) is 0 Å². The number of rotatable bonds is 1. The van der Waals surface area contributed by atoms with Crippen LogP contribution in [0, 0.1) is 6.92 Å². The van der Waals surface area contributed by atoms with Crippen LogP contribution in [-0.4, -0.2) is 23.1 Å². The molecule has 1 saturated heterocycles. The topological polar surface area (TPSA) is 55.6 Å². The zero-order valence-corrected chi connectivity index (χ0v) is 12.8. The van der Waals surface area contributed by atoms with E-state index < -0.39 is 5.60 Å². The van der Waals surface area contributed by atoms with Crippen LogP contribution in [0.5, 0.6) is 0 Å². The van der Waals surface area contributed by atoms with E-state index in [0.29, 0.717) is 0 Å². The lowest BCUT2D eigenvalue weighted by Crippen LogP contribution is -2.36. The SMILES string of the molecule is Cc1ccc(C2CCCN2C(=O)OC(C)(C)C)cc1N. The summed E-state index contributed by atoms with van der Waals surface area (Å²) >= 11 is 0. The van der Waals surface area contributed by atoms with Crippen molar-refractivity contribution in [2.45, 2.75) is 52.2 Å². The molecule has 1 unspecified atom stereocenters. The van der Waals surface area contributed by atoms with Crippen LogP contribution in [-0.2, 0) is 4.74 Å². The van der Waals surface area contributed by atoms with Crippen molar-refractivity contribution in [3.63, 3.8) is 0 Å². The Labute approximate surface area is 120 Å². The van der Waals surface area contributed by atoms with Crippen molar-refractivity contribution in [1.29, 1.82) is 0 Å². The average molecular weight is 276 g/mol. The predicted molar refractivity (Wildman–Crippen MR) is 80.5 cm³/mol. The molecule has 1 aromatic rings. The van der Waals surface area contributed by atoms with E-state index >= 15 is 0 Å². The Morgan fingerprint density at radius 1 is 1.40 bits per heavy atom. The number of hydrogen-bond donors (Lipinski definition) is 1. The van der Waals surface area contributed by atoms with Gasteiger partial charge in [-0.3, -0.25) is 0 Å². The van der Waals surface area contributed by atoms with E-state index in [-0.39, 0.29) is 12.1 Å². The van der Waals surface area contributed by atoms with E-state index in [2.05, 4.69) is 6.07 Å². The number of benzene rings is 1. The van der Waals surface area contributed by atoms with Gasteiger partial charge in [-0.05, 0) is 57.7 Å². The second-order valence-electron chi connectivity index (χ2n) is 6.45. The number of aryl methyl sites for hydroxylation is 1. The van der Waals surface area contributed by atoms with Crippen molar-refractivity contribution in [2.24, 2.45) is 0 Å². The first kappa shape index (κ1) is 14.7. The molecule has 1 heterocycles. The molecule has 2 N–H and O–H groups in total. The molecule has 0 radical (unpaired) electrons. The minimum atomic E-state index is -0.462. The number of anilines is 1. The third-order valence-electron chi connectivity index (χ3n) is 3.57. The zero-order valence-electron chi connectivity index (χ0n) is 12.8. The van der Waals surface area contributed by atoms with Gasteiger partial charge in [0, 0.05) is 12.2 Å². The van der Waals surface area contributed by atoms with Crippen LogP contribution >= 0.6 is 0 Å². The number of nitrogens with two attached hydrogens (primary N) is 1. The molecule has 1 amide bonds. The highest BCUT2D eigenvalue weighted by Crippen LogP contribution is 2.34. The molecule has 110 valence electrons. The molecule has 1 aliphatic rings. The minimum absolute atomic E-state index is 0.0766. The minimum Gasteiger partial charge on any atom is -0.444 e. The maximum absolute atomic E-state index is 12.3. The third-order valence-corrected chi connectivity index (χ3v) is 3.57. The number of likely N-dealkylation sites (tertiary alicyclic amines) is 1. The third kappa shape index (κ3) is 3.24. The van der Waals surface area contributed by atoms with Crippen molar-refractivity contribution in [3.8, 4) is 0 Å². The summed E-state index contributed by atoms with van der Waals surface area (Å²) < 4.78 is 5.48. The summed E-state index contributed by atoms with van der Waals surface area (Å²) in [4.78, 5) is 14.1. The fourth-order valence-electron chi connectivity index (χ4n) is 2.52. The van der Waals surface area contributed by atoms with E-state index in [1.165, 1.54) is 0 Å². The molecule has 1 atom stereocenters. The van der Waals surface area contributed by atoms with E-state index in [4.69, 9.17) is 10.5 Å². The van der Waals surface area contributed by atoms with Crippen LogP contribution in [0.25, 0.3) is 0 Å². The van der Waals surface area contributed by atoms with Gasteiger partial charge in [-0.25, -0.2) is 4.79 Å². The van der Waals surface area contributed by atoms with Crippen LogP contribution in [0.3, 0.4) is 0 Å². The average Bonchev–Trinajstić information content (AvgIpc) is 2.79. The highest BCUT2D eigenvalue weighted by atomic mass is 16.6. The van der Waals surface area contributed by atoms with Crippen LogP contribution in [0.4, 0.5) is 10.5 Å². The predicted octanol–water partition coefficient (Wildman–Crippen LogP) is 3.65. The molecule has 2 rings (SSSR count). The van der Waals surface area contributed by atoms with Gasteiger partial charge in [-0.1, -0.05) is 12.1 Å². The number of ether oxygens (including phenoxy) is 1. The number of nitrogens with zero attached hydrogens (tertiary/aromatic N) is 1. The molecule has 1 aliphatic heterocycles. The van der Waals surface area contributed by atoms with Gasteiger partial charge in [0.25, 0.3) is 0 Å². The second-order valence-corrected chi connectivity index (χ2v) is 6.45. The van der Waals surface area contributed by atoms with Crippen LogP contribution in [0.2, 0.25) is 0 Å². The molecule has 0 bridgehead atoms. The lowest BCUT2D eigenvalue weighted by molar-refractivity contribution is 0.0224. The second kappa shape index (κ2) is 5.35. The fourth-order valence-corrected chi connectivity index (χ4v) is 2.52. The first-order valence-electron chi connectivity index (χ1n) is 7.13. The quantitative estimate of drug-likeness (QED) is 0.797. The van der Waals surface area contributed by atoms with Gasteiger partial charge >= 0.3 is 6.09 Å². The van der Waals surface area contributed by atoms with E-state index in [9.17, 15) is 4.79 Å². The van der Waals surface area contributed by atoms with E-state index in [1.807, 2.05) is 44.7 Å². The smallest absolute Gasteiger partial charge is 0.410 e. The molecule has 20 heavy (non-hydrogen) atoms. The lowest BCUT2D eigenvalue weighted by Gasteiger charge is -2.29. The summed E-state index contributed by atoms with van der Waals surface area (Å²) in [5.41, 5.74) is 8.45. The lowest BCUT2D eigenvalue weighted by atomic mass is 10.0. The molecular formula is C16H24N2O2. The van der Waals surface area contributed by atoms with Gasteiger partial charge in [-0.2, -0.15) is 0 Å². The van der Waals surface area contributed by atoms with E-state index in [0.717, 1.165) is 36.2 Å². The van der Waals surface area contributed by atoms with Gasteiger partial charge < -0.3 is 15.4 Å². The fraction of sp³-hybridized carbons (Fsp3) is 0.562. The Morgan fingerprint density at radius 2 is 2.10 bits per heavy atom. The summed E-state index contributed by atoms with van der Waals surface area (Å²) in [5.74, 6) is 0. The first-order valence-corrected chi connectivity index (χ1v) is 7.13. The normalized spacial score (nSPS) is 19.2. The van der Waals surface area contributed by atoms with Crippen molar-refractivity contribution in [2.75, 3.05) is 12.3 Å². The van der Waals surface area contributed by atoms with Gasteiger partial charge in [0.05, 0.1) is 6.04 Å². The van der Waals surface area contributed by atoms with Crippen LogP contribution < -0.4 is 5.73 Å². The molecule has 0 saturated carbocycles. The highest BCUT2D eigenvalue weighted by Gasteiger charge is 2.33. The largest absolute Gasteiger partial charge is 0.444 e. The first-order chi connectivity index (χ1) is 9.28. The standard InChI is InChI=1S/C16H24N2O2/c1-11-7-8-12(10-13(11)17)14-6-5-9-18(14)15(19)20-16(2,3)4/h7-8,10,14H,5-6,9,17H2,1-4H3. The van der Waals surface area contributed by atoms with Crippen molar-refractivity contribution in [1.82, 2.24) is 4.90 Å². The van der Waals surface area contributed by atoms with Crippen molar-refractivity contribution in [3.05, 3.63) is 29.3 Å². The van der Waals surface area contributed by atoms with Gasteiger partial charge in [-0.15, -0.1) is 0 Å². The Kier molecular flexibility index (Phi) is 3.93. The molecular weight excluding hydrogens is 252 g/mol. The van der Waals surface area contributed by atoms with Crippen LogP contribution in [0.15, 0.2) is 18.2 Å².